The number of aryl methyl sites for hydroxylation is 2. The predicted molar refractivity (Wildman–Crippen MR) is 90.8 cm³/mol. The number of carbonyl (C=O) groups is 1. The van der Waals surface area contributed by atoms with Crippen molar-refractivity contribution in [1.82, 2.24) is 4.72 Å². The maximum atomic E-state index is 13.3. The summed E-state index contributed by atoms with van der Waals surface area (Å²) in [5.74, 6) is -1.15. The Morgan fingerprint density at radius 1 is 1.17 bits per heavy atom. The molecule has 2 aromatic rings. The highest BCUT2D eigenvalue weighted by Gasteiger charge is 2.18. The molecule has 2 rings (SSSR count). The van der Waals surface area contributed by atoms with Crippen LogP contribution in [0.3, 0.4) is 0 Å². The Labute approximate surface area is 141 Å². The van der Waals surface area contributed by atoms with Gasteiger partial charge in [0, 0.05) is 5.69 Å². The summed E-state index contributed by atoms with van der Waals surface area (Å²) in [6.07, 6.45) is 0.829. The minimum Gasteiger partial charge on any atom is -0.325 e. The number of carbonyl (C=O) groups excluding carboxylic acids is 1. The lowest BCUT2D eigenvalue weighted by molar-refractivity contribution is -0.115. The molecular formula is C17H19FN2O3S. The third-order valence-electron chi connectivity index (χ3n) is 3.48. The Morgan fingerprint density at radius 2 is 1.92 bits per heavy atom. The average Bonchev–Trinajstić information content (AvgIpc) is 2.55. The van der Waals surface area contributed by atoms with Crippen molar-refractivity contribution in [2.45, 2.75) is 25.2 Å². The van der Waals surface area contributed by atoms with Crippen LogP contribution in [0.15, 0.2) is 47.4 Å². The molecule has 1 amide bonds. The van der Waals surface area contributed by atoms with Crippen LogP contribution in [0.5, 0.6) is 0 Å². The lowest BCUT2D eigenvalue weighted by Crippen LogP contribution is -2.33. The van der Waals surface area contributed by atoms with Crippen molar-refractivity contribution in [3.05, 3.63) is 59.4 Å². The van der Waals surface area contributed by atoms with E-state index in [4.69, 9.17) is 0 Å². The fourth-order valence-corrected chi connectivity index (χ4v) is 3.41. The van der Waals surface area contributed by atoms with E-state index < -0.39 is 28.3 Å². The van der Waals surface area contributed by atoms with Gasteiger partial charge in [-0.1, -0.05) is 25.1 Å². The smallest absolute Gasteiger partial charge is 0.241 e. The van der Waals surface area contributed by atoms with E-state index in [1.165, 1.54) is 12.1 Å². The molecule has 2 N–H and O–H groups in total. The highest BCUT2D eigenvalue weighted by molar-refractivity contribution is 7.89. The first-order valence-electron chi connectivity index (χ1n) is 7.46. The fraction of sp³-hybridized carbons (Fsp3) is 0.235. The molecule has 5 nitrogen and oxygen atoms in total. The van der Waals surface area contributed by atoms with Gasteiger partial charge in [0.25, 0.3) is 0 Å². The summed E-state index contributed by atoms with van der Waals surface area (Å²) < 4.78 is 39.9. The largest absolute Gasteiger partial charge is 0.325 e. The van der Waals surface area contributed by atoms with Gasteiger partial charge in [-0.05, 0) is 48.7 Å². The molecule has 24 heavy (non-hydrogen) atoms. The number of anilines is 1. The molecule has 7 heteroatoms. The summed E-state index contributed by atoms with van der Waals surface area (Å²) in [5, 5.41) is 2.63. The van der Waals surface area contributed by atoms with Gasteiger partial charge in [0.05, 0.1) is 11.4 Å². The predicted octanol–water partition coefficient (Wildman–Crippen LogP) is 2.61. The van der Waals surface area contributed by atoms with Crippen LogP contribution in [0.2, 0.25) is 0 Å². The number of benzene rings is 2. The van der Waals surface area contributed by atoms with Crippen LogP contribution in [-0.4, -0.2) is 20.9 Å². The van der Waals surface area contributed by atoms with Crippen LogP contribution in [-0.2, 0) is 21.2 Å². The van der Waals surface area contributed by atoms with Gasteiger partial charge in [0.15, 0.2) is 0 Å². The Morgan fingerprint density at radius 3 is 2.62 bits per heavy atom. The van der Waals surface area contributed by atoms with E-state index in [1.54, 1.807) is 13.0 Å². The molecule has 0 aromatic heterocycles. The molecule has 0 saturated carbocycles. The highest BCUT2D eigenvalue weighted by atomic mass is 32.2. The van der Waals surface area contributed by atoms with Gasteiger partial charge in [-0.25, -0.2) is 17.5 Å². The molecule has 0 spiro atoms. The number of amides is 1. The molecule has 0 aliphatic rings. The monoisotopic (exact) mass is 350 g/mol. The Bertz CT molecular complexity index is 851. The second kappa shape index (κ2) is 7.55. The first kappa shape index (κ1) is 18.1. The summed E-state index contributed by atoms with van der Waals surface area (Å²) in [7, 11) is -3.96. The van der Waals surface area contributed by atoms with Crippen LogP contribution in [0.4, 0.5) is 10.1 Å². The Balaban J connectivity index is 2.03. The molecule has 0 fully saturated rings. The first-order chi connectivity index (χ1) is 11.3. The zero-order valence-corrected chi connectivity index (χ0v) is 14.3. The second-order valence-electron chi connectivity index (χ2n) is 5.34. The third-order valence-corrected chi connectivity index (χ3v) is 5.02. The maximum absolute atomic E-state index is 13.3. The summed E-state index contributed by atoms with van der Waals surface area (Å²) in [6, 6.07) is 10.8. The average molecular weight is 350 g/mol. The van der Waals surface area contributed by atoms with Crippen LogP contribution >= 0.6 is 0 Å². The molecule has 0 aliphatic carbocycles. The number of hydrogen-bond donors (Lipinski definition) is 2. The van der Waals surface area contributed by atoms with Crippen molar-refractivity contribution >= 4 is 21.6 Å². The van der Waals surface area contributed by atoms with Gasteiger partial charge in [-0.3, -0.25) is 4.79 Å². The van der Waals surface area contributed by atoms with E-state index in [0.717, 1.165) is 18.1 Å². The van der Waals surface area contributed by atoms with E-state index in [1.807, 2.05) is 25.1 Å². The number of nitrogens with one attached hydrogen (secondary N) is 2. The first-order valence-corrected chi connectivity index (χ1v) is 8.95. The minimum absolute atomic E-state index is 0.178. The van der Waals surface area contributed by atoms with Crippen molar-refractivity contribution in [3.8, 4) is 0 Å². The summed E-state index contributed by atoms with van der Waals surface area (Å²) in [6.45, 7) is 3.12. The van der Waals surface area contributed by atoms with Gasteiger partial charge >= 0.3 is 0 Å². The van der Waals surface area contributed by atoms with E-state index in [2.05, 4.69) is 10.0 Å². The minimum atomic E-state index is -3.96. The van der Waals surface area contributed by atoms with Gasteiger partial charge in [0.1, 0.15) is 5.82 Å². The summed E-state index contributed by atoms with van der Waals surface area (Å²) in [4.78, 5) is 11.8. The molecular weight excluding hydrogens is 331 g/mol. The number of rotatable bonds is 6. The lowest BCUT2D eigenvalue weighted by atomic mass is 10.1. The molecule has 0 unspecified atom stereocenters. The van der Waals surface area contributed by atoms with Crippen molar-refractivity contribution in [2.75, 3.05) is 11.9 Å². The summed E-state index contributed by atoms with van der Waals surface area (Å²) >= 11 is 0. The lowest BCUT2D eigenvalue weighted by Gasteiger charge is -2.10. The van der Waals surface area contributed by atoms with Gasteiger partial charge in [-0.15, -0.1) is 0 Å². The molecule has 0 bridgehead atoms. The van der Waals surface area contributed by atoms with Crippen LogP contribution in [0.1, 0.15) is 18.1 Å². The normalized spacial score (nSPS) is 11.3. The van der Waals surface area contributed by atoms with Gasteiger partial charge in [-0.2, -0.15) is 0 Å². The van der Waals surface area contributed by atoms with Gasteiger partial charge in [0.2, 0.25) is 15.9 Å². The third kappa shape index (κ3) is 4.62. The zero-order chi connectivity index (χ0) is 17.7. The van der Waals surface area contributed by atoms with Gasteiger partial charge < -0.3 is 5.32 Å². The van der Waals surface area contributed by atoms with Crippen molar-refractivity contribution < 1.29 is 17.6 Å². The molecule has 0 saturated heterocycles. The summed E-state index contributed by atoms with van der Waals surface area (Å²) in [5.41, 5.74) is 2.06. The maximum Gasteiger partial charge on any atom is 0.241 e. The quantitative estimate of drug-likeness (QED) is 0.841. The van der Waals surface area contributed by atoms with E-state index in [0.29, 0.717) is 11.3 Å². The molecule has 0 atom stereocenters. The van der Waals surface area contributed by atoms with E-state index in [9.17, 15) is 17.6 Å². The van der Waals surface area contributed by atoms with Crippen molar-refractivity contribution in [2.24, 2.45) is 0 Å². The van der Waals surface area contributed by atoms with Crippen LogP contribution < -0.4 is 10.0 Å². The Kier molecular flexibility index (Phi) is 5.69. The van der Waals surface area contributed by atoms with E-state index >= 15 is 0 Å². The topological polar surface area (TPSA) is 75.3 Å². The molecule has 0 heterocycles. The molecule has 0 radical (unpaired) electrons. The zero-order valence-electron chi connectivity index (χ0n) is 13.5. The van der Waals surface area contributed by atoms with Crippen LogP contribution in [0, 0.1) is 12.7 Å². The Hall–Kier alpha value is -2.25. The number of hydrogen-bond acceptors (Lipinski definition) is 3. The molecule has 128 valence electrons. The second-order valence-corrected chi connectivity index (χ2v) is 7.07. The van der Waals surface area contributed by atoms with Crippen molar-refractivity contribution in [1.29, 1.82) is 0 Å². The van der Waals surface area contributed by atoms with Crippen molar-refractivity contribution in [3.63, 3.8) is 0 Å². The standard InChI is InChI=1S/C17H19FN2O3S/c1-3-13-5-4-6-15(9-13)20-17(21)11-19-24(22,23)16-10-14(18)8-7-12(16)2/h4-10,19H,3,11H2,1-2H3,(H,20,21). The number of halogens is 1. The SMILES string of the molecule is CCc1cccc(NC(=O)CNS(=O)(=O)c2cc(F)ccc2C)c1. The highest BCUT2D eigenvalue weighted by Crippen LogP contribution is 2.16. The van der Waals surface area contributed by atoms with E-state index in [-0.39, 0.29) is 4.90 Å². The molecule has 2 aromatic carbocycles. The molecule has 0 aliphatic heterocycles. The van der Waals surface area contributed by atoms with Crippen LogP contribution in [0.25, 0.3) is 0 Å². The number of sulfonamides is 1. The fourth-order valence-electron chi connectivity index (χ4n) is 2.18.